The molecule has 4 nitrogen and oxygen atoms in total. The summed E-state index contributed by atoms with van der Waals surface area (Å²) in [6.07, 6.45) is 5.35. The highest BCUT2D eigenvalue weighted by atomic mass is 32.1. The minimum atomic E-state index is -0.226. The van der Waals surface area contributed by atoms with Crippen molar-refractivity contribution in [2.75, 3.05) is 19.6 Å². The van der Waals surface area contributed by atoms with Crippen molar-refractivity contribution in [3.63, 3.8) is 0 Å². The molecule has 0 atom stereocenters. The highest BCUT2D eigenvalue weighted by Crippen LogP contribution is 2.10. The number of carbonyl (C=O) groups is 2. The van der Waals surface area contributed by atoms with Crippen molar-refractivity contribution in [3.05, 3.63) is 28.5 Å². The Kier molecular flexibility index (Phi) is 4.52. The number of hydrogen-bond donors (Lipinski definition) is 1. The molecule has 1 aliphatic rings. The molecular weight excluding hydrogens is 248 g/mol. The highest BCUT2D eigenvalue weighted by molar-refractivity contribution is 7.10. The summed E-state index contributed by atoms with van der Waals surface area (Å²) >= 11 is 1.57. The van der Waals surface area contributed by atoms with E-state index in [2.05, 4.69) is 5.32 Å². The van der Waals surface area contributed by atoms with Crippen LogP contribution in [0.5, 0.6) is 0 Å². The maximum absolute atomic E-state index is 11.7. The lowest BCUT2D eigenvalue weighted by Gasteiger charge is -2.14. The standard InChI is InChI=1S/C13H16N2O2S/c16-12(6-5-11-4-3-9-18-11)14-10-13(17)15-7-1-2-8-15/h3-6,9H,1-2,7-8,10H2,(H,14,16). The monoisotopic (exact) mass is 264 g/mol. The van der Waals surface area contributed by atoms with Crippen LogP contribution in [-0.2, 0) is 9.59 Å². The zero-order chi connectivity index (χ0) is 12.8. The van der Waals surface area contributed by atoms with Gasteiger partial charge in [0.2, 0.25) is 11.8 Å². The van der Waals surface area contributed by atoms with Gasteiger partial charge in [0.05, 0.1) is 6.54 Å². The van der Waals surface area contributed by atoms with Crippen LogP contribution in [0.25, 0.3) is 6.08 Å². The predicted octanol–water partition coefficient (Wildman–Crippen LogP) is 1.50. The van der Waals surface area contributed by atoms with Gasteiger partial charge in [-0.25, -0.2) is 0 Å². The highest BCUT2D eigenvalue weighted by Gasteiger charge is 2.17. The van der Waals surface area contributed by atoms with Gasteiger partial charge in [-0.05, 0) is 30.4 Å². The average molecular weight is 264 g/mol. The first-order valence-electron chi connectivity index (χ1n) is 6.03. The molecule has 0 saturated carbocycles. The van der Waals surface area contributed by atoms with Gasteiger partial charge >= 0.3 is 0 Å². The van der Waals surface area contributed by atoms with Crippen molar-refractivity contribution in [1.29, 1.82) is 0 Å². The number of likely N-dealkylation sites (tertiary alicyclic amines) is 1. The summed E-state index contributed by atoms with van der Waals surface area (Å²) in [6, 6.07) is 3.86. The zero-order valence-corrected chi connectivity index (χ0v) is 10.9. The molecule has 1 N–H and O–H groups in total. The Labute approximate surface area is 110 Å². The van der Waals surface area contributed by atoms with E-state index in [0.29, 0.717) is 0 Å². The van der Waals surface area contributed by atoms with Crippen LogP contribution in [0.4, 0.5) is 0 Å². The van der Waals surface area contributed by atoms with Crippen molar-refractivity contribution < 1.29 is 9.59 Å². The summed E-state index contributed by atoms with van der Waals surface area (Å²) in [6.45, 7) is 1.73. The summed E-state index contributed by atoms with van der Waals surface area (Å²) in [4.78, 5) is 26.0. The molecule has 0 unspecified atom stereocenters. The number of carbonyl (C=O) groups excluding carboxylic acids is 2. The molecule has 1 aromatic rings. The molecular formula is C13H16N2O2S. The molecule has 2 heterocycles. The second-order valence-corrected chi connectivity index (χ2v) is 5.13. The van der Waals surface area contributed by atoms with Crippen LogP contribution in [0.15, 0.2) is 23.6 Å². The second kappa shape index (κ2) is 6.35. The van der Waals surface area contributed by atoms with E-state index in [-0.39, 0.29) is 18.4 Å². The van der Waals surface area contributed by atoms with Gasteiger partial charge in [-0.15, -0.1) is 11.3 Å². The molecule has 18 heavy (non-hydrogen) atoms. The number of hydrogen-bond acceptors (Lipinski definition) is 3. The molecule has 1 aromatic heterocycles. The van der Waals surface area contributed by atoms with E-state index >= 15 is 0 Å². The SMILES string of the molecule is O=C(C=Cc1cccs1)NCC(=O)N1CCCC1. The summed E-state index contributed by atoms with van der Waals surface area (Å²) in [7, 11) is 0. The fourth-order valence-corrected chi connectivity index (χ4v) is 2.46. The van der Waals surface area contributed by atoms with Crippen LogP contribution >= 0.6 is 11.3 Å². The van der Waals surface area contributed by atoms with E-state index in [0.717, 1.165) is 30.8 Å². The Hall–Kier alpha value is -1.62. The third kappa shape index (κ3) is 3.70. The first kappa shape index (κ1) is 12.8. The van der Waals surface area contributed by atoms with Gasteiger partial charge in [0, 0.05) is 24.0 Å². The number of nitrogens with one attached hydrogen (secondary N) is 1. The molecule has 1 aliphatic heterocycles. The van der Waals surface area contributed by atoms with E-state index in [1.165, 1.54) is 6.08 Å². The molecule has 0 spiro atoms. The number of rotatable bonds is 4. The lowest BCUT2D eigenvalue weighted by atomic mass is 10.4. The topological polar surface area (TPSA) is 49.4 Å². The summed E-state index contributed by atoms with van der Waals surface area (Å²) < 4.78 is 0. The van der Waals surface area contributed by atoms with Gasteiger partial charge in [0.25, 0.3) is 0 Å². The van der Waals surface area contributed by atoms with Crippen LogP contribution in [0.2, 0.25) is 0 Å². The first-order chi connectivity index (χ1) is 8.75. The Morgan fingerprint density at radius 1 is 1.39 bits per heavy atom. The molecule has 2 rings (SSSR count). The van der Waals surface area contributed by atoms with Crippen molar-refractivity contribution >= 4 is 29.2 Å². The van der Waals surface area contributed by atoms with Crippen molar-refractivity contribution in [3.8, 4) is 0 Å². The van der Waals surface area contributed by atoms with Gasteiger partial charge in [-0.3, -0.25) is 9.59 Å². The Bertz CT molecular complexity index is 434. The fraction of sp³-hybridized carbons (Fsp3) is 0.385. The summed E-state index contributed by atoms with van der Waals surface area (Å²) in [5.74, 6) is -0.221. The van der Waals surface area contributed by atoms with Crippen LogP contribution < -0.4 is 5.32 Å². The summed E-state index contributed by atoms with van der Waals surface area (Å²) in [5.41, 5.74) is 0. The van der Waals surface area contributed by atoms with Crippen LogP contribution in [0, 0.1) is 0 Å². The lowest BCUT2D eigenvalue weighted by molar-refractivity contribution is -0.131. The van der Waals surface area contributed by atoms with Crippen LogP contribution in [0.3, 0.4) is 0 Å². The predicted molar refractivity (Wildman–Crippen MR) is 72.2 cm³/mol. The number of amides is 2. The molecule has 0 radical (unpaired) electrons. The molecule has 0 bridgehead atoms. The van der Waals surface area contributed by atoms with E-state index in [1.807, 2.05) is 17.5 Å². The van der Waals surface area contributed by atoms with Gasteiger partial charge in [-0.1, -0.05) is 6.07 Å². The van der Waals surface area contributed by atoms with Crippen molar-refractivity contribution in [1.82, 2.24) is 10.2 Å². The Morgan fingerprint density at radius 2 is 2.17 bits per heavy atom. The smallest absolute Gasteiger partial charge is 0.244 e. The quantitative estimate of drug-likeness (QED) is 0.838. The van der Waals surface area contributed by atoms with E-state index in [9.17, 15) is 9.59 Å². The molecule has 1 fully saturated rings. The van der Waals surface area contributed by atoms with Gasteiger partial charge in [-0.2, -0.15) is 0 Å². The molecule has 0 aliphatic carbocycles. The minimum absolute atomic E-state index is 0.00498. The third-order valence-electron chi connectivity index (χ3n) is 2.81. The Balaban J connectivity index is 1.73. The van der Waals surface area contributed by atoms with E-state index in [4.69, 9.17) is 0 Å². The normalized spacial score (nSPS) is 15.2. The lowest BCUT2D eigenvalue weighted by Crippen LogP contribution is -2.38. The van der Waals surface area contributed by atoms with Gasteiger partial charge in [0.15, 0.2) is 0 Å². The number of thiophene rings is 1. The third-order valence-corrected chi connectivity index (χ3v) is 3.65. The zero-order valence-electron chi connectivity index (χ0n) is 10.1. The largest absolute Gasteiger partial charge is 0.343 e. The van der Waals surface area contributed by atoms with Crippen molar-refractivity contribution in [2.45, 2.75) is 12.8 Å². The van der Waals surface area contributed by atoms with Crippen molar-refractivity contribution in [2.24, 2.45) is 0 Å². The minimum Gasteiger partial charge on any atom is -0.343 e. The molecule has 0 aromatic carbocycles. The fourth-order valence-electron chi connectivity index (χ4n) is 1.84. The Morgan fingerprint density at radius 3 is 2.83 bits per heavy atom. The first-order valence-corrected chi connectivity index (χ1v) is 6.91. The summed E-state index contributed by atoms with van der Waals surface area (Å²) in [5, 5.41) is 4.56. The van der Waals surface area contributed by atoms with E-state index < -0.39 is 0 Å². The molecule has 96 valence electrons. The second-order valence-electron chi connectivity index (χ2n) is 4.15. The van der Waals surface area contributed by atoms with Gasteiger partial charge in [0.1, 0.15) is 0 Å². The van der Waals surface area contributed by atoms with E-state index in [1.54, 1.807) is 22.3 Å². The van der Waals surface area contributed by atoms with Crippen LogP contribution in [0.1, 0.15) is 17.7 Å². The molecule has 2 amide bonds. The van der Waals surface area contributed by atoms with Gasteiger partial charge < -0.3 is 10.2 Å². The average Bonchev–Trinajstić information content (AvgIpc) is 3.05. The molecule has 1 saturated heterocycles. The number of nitrogens with zero attached hydrogens (tertiary/aromatic N) is 1. The maximum Gasteiger partial charge on any atom is 0.244 e. The maximum atomic E-state index is 11.7. The van der Waals surface area contributed by atoms with Crippen LogP contribution in [-0.4, -0.2) is 36.3 Å². The molecule has 5 heteroatoms.